The van der Waals surface area contributed by atoms with Crippen LogP contribution < -0.4 is 10.1 Å². The second-order valence-electron chi connectivity index (χ2n) is 5.52. The Kier molecular flexibility index (Phi) is 3.89. The number of hydrogen-bond donors (Lipinski definition) is 2. The van der Waals surface area contributed by atoms with Crippen molar-refractivity contribution in [1.29, 1.82) is 0 Å². The van der Waals surface area contributed by atoms with Crippen molar-refractivity contribution in [2.45, 2.75) is 31.5 Å². The highest BCUT2D eigenvalue weighted by Gasteiger charge is 2.30. The van der Waals surface area contributed by atoms with Crippen LogP contribution in [0.2, 0.25) is 0 Å². The second-order valence-corrected chi connectivity index (χ2v) is 5.52. The normalized spacial score (nSPS) is 20.6. The number of carboxylic acids is 1. The van der Waals surface area contributed by atoms with E-state index in [2.05, 4.69) is 10.2 Å². The lowest BCUT2D eigenvalue weighted by Gasteiger charge is -2.24. The molecule has 0 radical (unpaired) electrons. The van der Waals surface area contributed by atoms with E-state index in [0.717, 1.165) is 37.2 Å². The van der Waals surface area contributed by atoms with Gasteiger partial charge in [-0.1, -0.05) is 18.2 Å². The maximum absolute atomic E-state index is 11.3. The van der Waals surface area contributed by atoms with Crippen molar-refractivity contribution in [3.63, 3.8) is 0 Å². The molecule has 108 valence electrons. The minimum atomic E-state index is -0.768. The van der Waals surface area contributed by atoms with E-state index in [0.29, 0.717) is 19.2 Å². The average Bonchev–Trinajstić information content (AvgIpc) is 3.24. The molecule has 2 aliphatic rings. The first-order valence-electron chi connectivity index (χ1n) is 7.14. The molecular formula is C15H20N2O3. The number of hydrogen-bond acceptors (Lipinski definition) is 4. The van der Waals surface area contributed by atoms with Gasteiger partial charge < -0.3 is 15.2 Å². The molecule has 1 heterocycles. The molecule has 20 heavy (non-hydrogen) atoms. The van der Waals surface area contributed by atoms with Gasteiger partial charge in [-0.25, -0.2) is 0 Å². The Hall–Kier alpha value is -1.59. The summed E-state index contributed by atoms with van der Waals surface area (Å²) in [5.41, 5.74) is 1.13. The molecule has 0 amide bonds. The summed E-state index contributed by atoms with van der Waals surface area (Å²) in [4.78, 5) is 13.5. The van der Waals surface area contributed by atoms with Crippen molar-refractivity contribution in [2.75, 3.05) is 19.7 Å². The van der Waals surface area contributed by atoms with Gasteiger partial charge in [0.2, 0.25) is 0 Å². The molecular weight excluding hydrogens is 256 g/mol. The lowest BCUT2D eigenvalue weighted by molar-refractivity contribution is -0.140. The number of rotatable bonds is 5. The standard InChI is InChI=1S/C15H20N2O3/c18-15(19)13(16-12-5-6-12)10-17-7-8-20-14-4-2-1-3-11(14)9-17/h1-4,12-13,16H,5-10H2,(H,18,19). The first kappa shape index (κ1) is 13.4. The van der Waals surface area contributed by atoms with Crippen molar-refractivity contribution in [1.82, 2.24) is 10.2 Å². The van der Waals surface area contributed by atoms with Crippen LogP contribution in [0.25, 0.3) is 0 Å². The van der Waals surface area contributed by atoms with Crippen molar-refractivity contribution < 1.29 is 14.6 Å². The number of nitrogens with zero attached hydrogens (tertiary/aromatic N) is 1. The smallest absolute Gasteiger partial charge is 0.322 e. The Bertz CT molecular complexity index is 488. The van der Waals surface area contributed by atoms with Crippen LogP contribution in [0.3, 0.4) is 0 Å². The van der Waals surface area contributed by atoms with Crippen molar-refractivity contribution >= 4 is 5.97 Å². The number of nitrogens with one attached hydrogen (secondary N) is 1. The molecule has 1 aromatic rings. The van der Waals surface area contributed by atoms with Gasteiger partial charge in [0.05, 0.1) is 0 Å². The Labute approximate surface area is 118 Å². The Morgan fingerprint density at radius 1 is 1.45 bits per heavy atom. The summed E-state index contributed by atoms with van der Waals surface area (Å²) in [6.45, 7) is 2.62. The third-order valence-electron chi connectivity index (χ3n) is 3.78. The number of benzene rings is 1. The van der Waals surface area contributed by atoms with E-state index in [4.69, 9.17) is 4.74 Å². The molecule has 0 aromatic heterocycles. The first-order valence-corrected chi connectivity index (χ1v) is 7.14. The van der Waals surface area contributed by atoms with Crippen LogP contribution in [-0.4, -0.2) is 47.8 Å². The molecule has 1 aliphatic carbocycles. The summed E-state index contributed by atoms with van der Waals surface area (Å²) in [7, 11) is 0. The van der Waals surface area contributed by atoms with Gasteiger partial charge in [-0.15, -0.1) is 0 Å². The quantitative estimate of drug-likeness (QED) is 0.843. The molecule has 1 aromatic carbocycles. The Morgan fingerprint density at radius 3 is 3.00 bits per heavy atom. The Balaban J connectivity index is 1.65. The van der Waals surface area contributed by atoms with E-state index in [-0.39, 0.29) is 0 Å². The van der Waals surface area contributed by atoms with E-state index in [1.165, 1.54) is 0 Å². The zero-order chi connectivity index (χ0) is 13.9. The lowest BCUT2D eigenvalue weighted by atomic mass is 10.2. The summed E-state index contributed by atoms with van der Waals surface area (Å²) in [6, 6.07) is 7.86. The average molecular weight is 276 g/mol. The highest BCUT2D eigenvalue weighted by Crippen LogP contribution is 2.23. The number of ether oxygens (including phenoxy) is 1. The summed E-state index contributed by atoms with van der Waals surface area (Å²) in [5.74, 6) is 0.146. The van der Waals surface area contributed by atoms with Crippen LogP contribution in [0.4, 0.5) is 0 Å². The highest BCUT2D eigenvalue weighted by atomic mass is 16.5. The fourth-order valence-corrected chi connectivity index (χ4v) is 2.53. The van der Waals surface area contributed by atoms with Gasteiger partial charge in [0.1, 0.15) is 18.4 Å². The Morgan fingerprint density at radius 2 is 2.25 bits per heavy atom. The van der Waals surface area contributed by atoms with Crippen molar-refractivity contribution in [3.05, 3.63) is 29.8 Å². The van der Waals surface area contributed by atoms with E-state index in [1.54, 1.807) is 0 Å². The molecule has 1 saturated carbocycles. The first-order chi connectivity index (χ1) is 9.72. The van der Waals surface area contributed by atoms with Crippen LogP contribution in [0.15, 0.2) is 24.3 Å². The molecule has 0 bridgehead atoms. The third-order valence-corrected chi connectivity index (χ3v) is 3.78. The molecule has 1 atom stereocenters. The monoisotopic (exact) mass is 276 g/mol. The van der Waals surface area contributed by atoms with Gasteiger partial charge in [0.15, 0.2) is 0 Å². The van der Waals surface area contributed by atoms with E-state index in [9.17, 15) is 9.90 Å². The van der Waals surface area contributed by atoms with Crippen molar-refractivity contribution in [2.24, 2.45) is 0 Å². The van der Waals surface area contributed by atoms with Crippen molar-refractivity contribution in [3.8, 4) is 5.75 Å². The van der Waals surface area contributed by atoms with E-state index in [1.807, 2.05) is 24.3 Å². The maximum atomic E-state index is 11.3. The minimum absolute atomic E-state index is 0.395. The number of carboxylic acid groups (broad SMARTS) is 1. The van der Waals surface area contributed by atoms with E-state index < -0.39 is 12.0 Å². The predicted octanol–water partition coefficient (Wildman–Crippen LogP) is 1.09. The van der Waals surface area contributed by atoms with Gasteiger partial charge >= 0.3 is 5.97 Å². The maximum Gasteiger partial charge on any atom is 0.322 e. The molecule has 1 aliphatic heterocycles. The van der Waals surface area contributed by atoms with E-state index >= 15 is 0 Å². The lowest BCUT2D eigenvalue weighted by Crippen LogP contribution is -2.47. The zero-order valence-electron chi connectivity index (χ0n) is 11.4. The molecule has 0 saturated heterocycles. The zero-order valence-corrected chi connectivity index (χ0v) is 11.4. The SMILES string of the molecule is O=C(O)C(CN1CCOc2ccccc2C1)NC1CC1. The van der Waals surface area contributed by atoms with Gasteiger partial charge in [0, 0.05) is 31.2 Å². The fraction of sp³-hybridized carbons (Fsp3) is 0.533. The molecule has 2 N–H and O–H groups in total. The summed E-state index contributed by atoms with van der Waals surface area (Å²) < 4.78 is 5.70. The predicted molar refractivity (Wildman–Crippen MR) is 74.8 cm³/mol. The van der Waals surface area contributed by atoms with Crippen LogP contribution in [0.5, 0.6) is 5.75 Å². The van der Waals surface area contributed by atoms with Gasteiger partial charge in [-0.05, 0) is 18.9 Å². The number of para-hydroxylation sites is 1. The van der Waals surface area contributed by atoms with Gasteiger partial charge in [-0.2, -0.15) is 0 Å². The van der Waals surface area contributed by atoms with Crippen LogP contribution >= 0.6 is 0 Å². The molecule has 1 fully saturated rings. The number of fused-ring (bicyclic) bond motifs is 1. The second kappa shape index (κ2) is 5.81. The topological polar surface area (TPSA) is 61.8 Å². The summed E-state index contributed by atoms with van der Waals surface area (Å²) >= 11 is 0. The van der Waals surface area contributed by atoms with Crippen LogP contribution in [0, 0.1) is 0 Å². The minimum Gasteiger partial charge on any atom is -0.492 e. The summed E-state index contributed by atoms with van der Waals surface area (Å²) in [5, 5.41) is 12.5. The molecule has 3 rings (SSSR count). The van der Waals surface area contributed by atoms with Crippen LogP contribution in [-0.2, 0) is 11.3 Å². The number of carbonyl (C=O) groups is 1. The molecule has 5 nitrogen and oxygen atoms in total. The molecule has 0 spiro atoms. The molecule has 1 unspecified atom stereocenters. The number of aliphatic carboxylic acids is 1. The third kappa shape index (κ3) is 3.29. The molecule has 5 heteroatoms. The largest absolute Gasteiger partial charge is 0.492 e. The van der Waals surface area contributed by atoms with Crippen LogP contribution in [0.1, 0.15) is 18.4 Å². The van der Waals surface area contributed by atoms with Gasteiger partial charge in [-0.3, -0.25) is 9.69 Å². The van der Waals surface area contributed by atoms with Gasteiger partial charge in [0.25, 0.3) is 0 Å². The summed E-state index contributed by atoms with van der Waals surface area (Å²) in [6.07, 6.45) is 2.19. The highest BCUT2D eigenvalue weighted by molar-refractivity contribution is 5.73. The fourth-order valence-electron chi connectivity index (χ4n) is 2.53.